The second-order valence-corrected chi connectivity index (χ2v) is 4.55. The van der Waals surface area contributed by atoms with Crippen LogP contribution in [0.1, 0.15) is 29.9 Å². The molecule has 2 rings (SSSR count). The van der Waals surface area contributed by atoms with Crippen LogP contribution in [0.25, 0.3) is 0 Å². The van der Waals surface area contributed by atoms with Gasteiger partial charge in [0.25, 0.3) is 0 Å². The Kier molecular flexibility index (Phi) is 3.83. The van der Waals surface area contributed by atoms with Crippen LogP contribution in [-0.4, -0.2) is 32.4 Å². The minimum atomic E-state index is -0.786. The highest BCUT2D eigenvalue weighted by molar-refractivity contribution is 5.70. The molecule has 1 aromatic carbocycles. The first-order valence-electron chi connectivity index (χ1n) is 6.15. The van der Waals surface area contributed by atoms with E-state index >= 15 is 0 Å². The molecule has 1 aromatic rings. The predicted octanol–water partition coefficient (Wildman–Crippen LogP) is 2.22. The van der Waals surface area contributed by atoms with Crippen molar-refractivity contribution in [2.45, 2.75) is 25.2 Å². The first-order valence-corrected chi connectivity index (χ1v) is 6.15. The standard InChI is InChI=1S/C14H18O5/c1-17-11-7-10-8(6-12(15)16)4-5-9(10)13(18-2)14(11)19-3/h7-8H,4-6H2,1-3H3,(H,15,16). The number of ether oxygens (including phenoxy) is 3. The van der Waals surface area contributed by atoms with E-state index in [0.29, 0.717) is 17.2 Å². The maximum atomic E-state index is 10.9. The maximum Gasteiger partial charge on any atom is 0.303 e. The summed E-state index contributed by atoms with van der Waals surface area (Å²) in [5.41, 5.74) is 2.03. The first kappa shape index (κ1) is 13.5. The fraction of sp³-hybridized carbons (Fsp3) is 0.500. The Bertz CT molecular complexity index is 495. The molecule has 104 valence electrons. The minimum Gasteiger partial charge on any atom is -0.493 e. The van der Waals surface area contributed by atoms with Crippen LogP contribution >= 0.6 is 0 Å². The lowest BCUT2D eigenvalue weighted by Crippen LogP contribution is -2.04. The van der Waals surface area contributed by atoms with Gasteiger partial charge in [0.15, 0.2) is 11.5 Å². The van der Waals surface area contributed by atoms with E-state index < -0.39 is 5.97 Å². The van der Waals surface area contributed by atoms with E-state index in [9.17, 15) is 4.79 Å². The van der Waals surface area contributed by atoms with E-state index in [0.717, 1.165) is 24.0 Å². The lowest BCUT2D eigenvalue weighted by Gasteiger charge is -2.17. The monoisotopic (exact) mass is 266 g/mol. The molecular formula is C14H18O5. The molecule has 19 heavy (non-hydrogen) atoms. The van der Waals surface area contributed by atoms with Crippen LogP contribution in [0, 0.1) is 0 Å². The Balaban J connectivity index is 2.51. The Hall–Kier alpha value is -1.91. The summed E-state index contributed by atoms with van der Waals surface area (Å²) in [6.45, 7) is 0. The third kappa shape index (κ3) is 2.32. The van der Waals surface area contributed by atoms with Crippen LogP contribution in [0.2, 0.25) is 0 Å². The third-order valence-corrected chi connectivity index (χ3v) is 3.57. The van der Waals surface area contributed by atoms with Crippen molar-refractivity contribution in [3.05, 3.63) is 17.2 Å². The van der Waals surface area contributed by atoms with Crippen molar-refractivity contribution in [1.82, 2.24) is 0 Å². The number of aliphatic carboxylic acids is 1. The van der Waals surface area contributed by atoms with Crippen LogP contribution in [-0.2, 0) is 11.2 Å². The van der Waals surface area contributed by atoms with Gasteiger partial charge < -0.3 is 19.3 Å². The first-order chi connectivity index (χ1) is 9.12. The number of carboxylic acid groups (broad SMARTS) is 1. The van der Waals surface area contributed by atoms with E-state index in [-0.39, 0.29) is 12.3 Å². The summed E-state index contributed by atoms with van der Waals surface area (Å²) in [5.74, 6) is 1.03. The van der Waals surface area contributed by atoms with Crippen molar-refractivity contribution in [3.8, 4) is 17.2 Å². The largest absolute Gasteiger partial charge is 0.493 e. The topological polar surface area (TPSA) is 65.0 Å². The van der Waals surface area contributed by atoms with E-state index in [1.165, 1.54) is 0 Å². The molecule has 5 nitrogen and oxygen atoms in total. The SMILES string of the molecule is COc1cc2c(c(OC)c1OC)CCC2CC(=O)O. The van der Waals surface area contributed by atoms with Gasteiger partial charge in [0.05, 0.1) is 27.8 Å². The van der Waals surface area contributed by atoms with Gasteiger partial charge >= 0.3 is 5.97 Å². The summed E-state index contributed by atoms with van der Waals surface area (Å²) >= 11 is 0. The van der Waals surface area contributed by atoms with Gasteiger partial charge in [-0.15, -0.1) is 0 Å². The molecule has 0 fully saturated rings. The fourth-order valence-electron chi connectivity index (χ4n) is 2.75. The predicted molar refractivity (Wildman–Crippen MR) is 69.4 cm³/mol. The molecule has 0 aliphatic heterocycles. The number of methoxy groups -OCH3 is 3. The van der Waals surface area contributed by atoms with Crippen molar-refractivity contribution in [2.75, 3.05) is 21.3 Å². The molecule has 0 bridgehead atoms. The molecule has 1 atom stereocenters. The molecule has 1 aliphatic carbocycles. The number of rotatable bonds is 5. The summed E-state index contributed by atoms with van der Waals surface area (Å²) in [4.78, 5) is 10.9. The van der Waals surface area contributed by atoms with Gasteiger partial charge in [-0.1, -0.05) is 0 Å². The number of fused-ring (bicyclic) bond motifs is 1. The molecular weight excluding hydrogens is 248 g/mol. The summed E-state index contributed by atoms with van der Waals surface area (Å²) < 4.78 is 16.1. The molecule has 1 unspecified atom stereocenters. The second kappa shape index (κ2) is 5.38. The Morgan fingerprint density at radius 3 is 2.47 bits per heavy atom. The fourth-order valence-corrected chi connectivity index (χ4v) is 2.75. The van der Waals surface area contributed by atoms with Gasteiger partial charge in [-0.05, 0) is 30.4 Å². The highest BCUT2D eigenvalue weighted by atomic mass is 16.5. The number of hydrogen-bond donors (Lipinski definition) is 1. The maximum absolute atomic E-state index is 10.9. The van der Waals surface area contributed by atoms with E-state index in [2.05, 4.69) is 0 Å². The molecule has 5 heteroatoms. The van der Waals surface area contributed by atoms with Crippen molar-refractivity contribution in [2.24, 2.45) is 0 Å². The van der Waals surface area contributed by atoms with Crippen LogP contribution in [0.3, 0.4) is 0 Å². The smallest absolute Gasteiger partial charge is 0.303 e. The molecule has 0 radical (unpaired) electrons. The van der Waals surface area contributed by atoms with Gasteiger partial charge in [-0.3, -0.25) is 4.79 Å². The third-order valence-electron chi connectivity index (χ3n) is 3.57. The summed E-state index contributed by atoms with van der Waals surface area (Å²) in [6, 6.07) is 1.87. The lowest BCUT2D eigenvalue weighted by atomic mass is 9.97. The minimum absolute atomic E-state index is 0.0150. The Labute approximate surface area is 112 Å². The van der Waals surface area contributed by atoms with Gasteiger partial charge in [-0.2, -0.15) is 0 Å². The lowest BCUT2D eigenvalue weighted by molar-refractivity contribution is -0.137. The highest BCUT2D eigenvalue weighted by Gasteiger charge is 2.31. The zero-order chi connectivity index (χ0) is 14.0. The number of benzene rings is 1. The zero-order valence-corrected chi connectivity index (χ0v) is 11.4. The van der Waals surface area contributed by atoms with Gasteiger partial charge in [0.2, 0.25) is 5.75 Å². The molecule has 0 saturated carbocycles. The van der Waals surface area contributed by atoms with Crippen LogP contribution < -0.4 is 14.2 Å². The summed E-state index contributed by atoms with van der Waals surface area (Å²) in [7, 11) is 4.71. The zero-order valence-electron chi connectivity index (χ0n) is 11.4. The molecule has 1 aliphatic rings. The molecule has 0 aromatic heterocycles. The van der Waals surface area contributed by atoms with Crippen molar-refractivity contribution < 1.29 is 24.1 Å². The quantitative estimate of drug-likeness (QED) is 0.885. The highest BCUT2D eigenvalue weighted by Crippen LogP contribution is 2.49. The normalized spacial score (nSPS) is 16.9. The van der Waals surface area contributed by atoms with E-state index in [1.54, 1.807) is 21.3 Å². The average molecular weight is 266 g/mol. The molecule has 0 spiro atoms. The van der Waals surface area contributed by atoms with Gasteiger partial charge in [-0.25, -0.2) is 0 Å². The van der Waals surface area contributed by atoms with Gasteiger partial charge in [0.1, 0.15) is 0 Å². The Morgan fingerprint density at radius 2 is 1.95 bits per heavy atom. The Morgan fingerprint density at radius 1 is 1.26 bits per heavy atom. The van der Waals surface area contributed by atoms with Crippen molar-refractivity contribution in [1.29, 1.82) is 0 Å². The van der Waals surface area contributed by atoms with E-state index in [1.807, 2.05) is 6.07 Å². The number of carbonyl (C=O) groups is 1. The summed E-state index contributed by atoms with van der Waals surface area (Å²) in [6.07, 6.45) is 1.75. The molecule has 0 amide bonds. The van der Waals surface area contributed by atoms with Crippen molar-refractivity contribution >= 4 is 5.97 Å². The van der Waals surface area contributed by atoms with Crippen LogP contribution in [0.5, 0.6) is 17.2 Å². The molecule has 1 N–H and O–H groups in total. The number of hydrogen-bond acceptors (Lipinski definition) is 4. The number of carboxylic acids is 1. The average Bonchev–Trinajstić information content (AvgIpc) is 2.78. The second-order valence-electron chi connectivity index (χ2n) is 4.55. The van der Waals surface area contributed by atoms with Crippen LogP contribution in [0.15, 0.2) is 6.07 Å². The molecule has 0 heterocycles. The van der Waals surface area contributed by atoms with Crippen molar-refractivity contribution in [3.63, 3.8) is 0 Å². The van der Waals surface area contributed by atoms with Gasteiger partial charge in [0, 0.05) is 5.56 Å². The van der Waals surface area contributed by atoms with Crippen LogP contribution in [0.4, 0.5) is 0 Å². The molecule has 0 saturated heterocycles. The van der Waals surface area contributed by atoms with E-state index in [4.69, 9.17) is 19.3 Å². The summed E-state index contributed by atoms with van der Waals surface area (Å²) in [5, 5.41) is 8.97.